The first-order valence-electron chi connectivity index (χ1n) is 8.98. The second kappa shape index (κ2) is 7.78. The summed E-state index contributed by atoms with van der Waals surface area (Å²) in [5.41, 5.74) is 4.30. The number of benzene rings is 2. The smallest absolute Gasteiger partial charge is 0.240 e. The maximum Gasteiger partial charge on any atom is 0.240 e. The highest BCUT2D eigenvalue weighted by molar-refractivity contribution is 6.30. The van der Waals surface area contributed by atoms with Crippen LogP contribution in [0.2, 0.25) is 5.02 Å². The second-order valence-corrected chi connectivity index (χ2v) is 7.08. The Balaban J connectivity index is 1.58. The monoisotopic (exact) mass is 378 g/mol. The van der Waals surface area contributed by atoms with E-state index in [4.69, 9.17) is 11.6 Å². The molecule has 0 spiro atoms. The van der Waals surface area contributed by atoms with Crippen LogP contribution in [0.4, 0.5) is 11.4 Å². The fourth-order valence-corrected chi connectivity index (χ4v) is 3.79. The van der Waals surface area contributed by atoms with Crippen molar-refractivity contribution in [3.05, 3.63) is 65.3 Å². The Hall–Kier alpha value is -2.88. The van der Waals surface area contributed by atoms with E-state index < -0.39 is 0 Å². The summed E-state index contributed by atoms with van der Waals surface area (Å²) >= 11 is 5.97. The van der Waals surface area contributed by atoms with E-state index in [9.17, 15) is 4.79 Å². The van der Waals surface area contributed by atoms with Gasteiger partial charge in [0.15, 0.2) is 0 Å². The van der Waals surface area contributed by atoms with Crippen molar-refractivity contribution in [3.8, 4) is 11.3 Å². The molecule has 2 aromatic carbocycles. The first-order valence-corrected chi connectivity index (χ1v) is 9.36. The lowest BCUT2D eigenvalue weighted by molar-refractivity contribution is 0.496. The number of aliphatic imine (C=N–C) groups is 1. The number of isocyanates is 1. The molecule has 3 aromatic rings. The molecule has 1 aliphatic heterocycles. The Bertz CT molecular complexity index is 954. The van der Waals surface area contributed by atoms with Crippen molar-refractivity contribution in [3.63, 3.8) is 0 Å². The number of nitrogens with zero attached hydrogens (tertiary/aromatic N) is 3. The van der Waals surface area contributed by atoms with E-state index in [1.165, 1.54) is 5.69 Å². The number of hydrogen-bond acceptors (Lipinski definition) is 4. The van der Waals surface area contributed by atoms with Gasteiger partial charge in [0, 0.05) is 35.3 Å². The summed E-state index contributed by atoms with van der Waals surface area (Å²) in [5.74, 6) is 0.259. The number of para-hydroxylation sites is 1. The van der Waals surface area contributed by atoms with Gasteiger partial charge in [0.25, 0.3) is 0 Å². The van der Waals surface area contributed by atoms with Gasteiger partial charge >= 0.3 is 0 Å². The average molecular weight is 379 g/mol. The van der Waals surface area contributed by atoms with Crippen LogP contribution in [0.3, 0.4) is 0 Å². The number of aromatic amines is 1. The van der Waals surface area contributed by atoms with Crippen molar-refractivity contribution in [2.24, 2.45) is 4.99 Å². The van der Waals surface area contributed by atoms with Crippen molar-refractivity contribution in [2.75, 3.05) is 18.0 Å². The molecule has 0 amide bonds. The zero-order valence-corrected chi connectivity index (χ0v) is 15.5. The van der Waals surface area contributed by atoms with E-state index in [0.29, 0.717) is 10.7 Å². The van der Waals surface area contributed by atoms with E-state index >= 15 is 0 Å². The van der Waals surface area contributed by atoms with Crippen LogP contribution in [-0.2, 0) is 4.79 Å². The van der Waals surface area contributed by atoms with Crippen LogP contribution >= 0.6 is 11.6 Å². The maximum atomic E-state index is 11.0. The molecule has 1 N–H and O–H groups in total. The first kappa shape index (κ1) is 17.5. The Kier molecular flexibility index (Phi) is 5.05. The molecule has 0 unspecified atom stereocenters. The minimum atomic E-state index is 0.259. The fourth-order valence-electron chi connectivity index (χ4n) is 3.66. The Morgan fingerprint density at radius 1 is 1.07 bits per heavy atom. The van der Waals surface area contributed by atoms with Gasteiger partial charge in [-0.25, -0.2) is 4.79 Å². The summed E-state index contributed by atoms with van der Waals surface area (Å²) < 4.78 is 0. The van der Waals surface area contributed by atoms with Crippen molar-refractivity contribution < 1.29 is 4.79 Å². The molecule has 0 aliphatic carbocycles. The molecule has 5 nitrogen and oxygen atoms in total. The minimum absolute atomic E-state index is 0.259. The van der Waals surface area contributed by atoms with Crippen LogP contribution in [0, 0.1) is 0 Å². The van der Waals surface area contributed by atoms with Gasteiger partial charge in [0.1, 0.15) is 5.69 Å². The predicted molar refractivity (Wildman–Crippen MR) is 107 cm³/mol. The highest BCUT2D eigenvalue weighted by Crippen LogP contribution is 2.39. The first-order chi connectivity index (χ1) is 13.3. The molecule has 0 saturated carbocycles. The van der Waals surface area contributed by atoms with Crippen molar-refractivity contribution in [1.82, 2.24) is 10.2 Å². The summed E-state index contributed by atoms with van der Waals surface area (Å²) in [6, 6.07) is 17.8. The van der Waals surface area contributed by atoms with E-state index in [1.807, 2.05) is 30.3 Å². The molecular weight excluding hydrogens is 360 g/mol. The van der Waals surface area contributed by atoms with Crippen molar-refractivity contribution in [1.29, 1.82) is 0 Å². The molecule has 1 aliphatic rings. The highest BCUT2D eigenvalue weighted by atomic mass is 35.5. The second-order valence-electron chi connectivity index (χ2n) is 6.64. The van der Waals surface area contributed by atoms with Gasteiger partial charge in [-0.05, 0) is 37.1 Å². The van der Waals surface area contributed by atoms with Crippen molar-refractivity contribution in [2.45, 2.75) is 18.8 Å². The van der Waals surface area contributed by atoms with Crippen molar-refractivity contribution >= 4 is 29.1 Å². The molecule has 1 fully saturated rings. The largest absolute Gasteiger partial charge is 0.371 e. The highest BCUT2D eigenvalue weighted by Gasteiger charge is 2.27. The van der Waals surface area contributed by atoms with Gasteiger partial charge < -0.3 is 4.90 Å². The van der Waals surface area contributed by atoms with Gasteiger partial charge in [-0.2, -0.15) is 10.1 Å². The van der Waals surface area contributed by atoms with Gasteiger partial charge in [-0.15, -0.1) is 0 Å². The Labute approximate surface area is 162 Å². The van der Waals surface area contributed by atoms with Crippen LogP contribution in [0.15, 0.2) is 59.6 Å². The number of nitrogens with one attached hydrogen (secondary N) is 1. The fraction of sp³-hybridized carbons (Fsp3) is 0.238. The maximum absolute atomic E-state index is 11.0. The van der Waals surface area contributed by atoms with Crippen LogP contribution < -0.4 is 4.90 Å². The average Bonchev–Trinajstić information content (AvgIpc) is 3.13. The van der Waals surface area contributed by atoms with Gasteiger partial charge in [-0.1, -0.05) is 41.9 Å². The minimum Gasteiger partial charge on any atom is -0.371 e. The van der Waals surface area contributed by atoms with Gasteiger partial charge in [-0.3, -0.25) is 5.10 Å². The standard InChI is InChI=1S/C21H19ClN4O/c22-17-8-6-15(7-9-17)19-21(23-14-27)20(25-24-19)16-10-12-26(13-11-16)18-4-2-1-3-5-18/h1-9,16H,10-13H2,(H,24,25). The molecule has 1 saturated heterocycles. The van der Waals surface area contributed by atoms with Crippen LogP contribution in [0.5, 0.6) is 0 Å². The molecular formula is C21H19ClN4O. The molecule has 136 valence electrons. The number of aromatic nitrogens is 2. The molecule has 6 heteroatoms. The number of halogens is 1. The molecule has 0 radical (unpaired) electrons. The summed E-state index contributed by atoms with van der Waals surface area (Å²) in [4.78, 5) is 17.4. The lowest BCUT2D eigenvalue weighted by atomic mass is 9.91. The Morgan fingerprint density at radius 2 is 1.78 bits per heavy atom. The van der Waals surface area contributed by atoms with E-state index in [1.54, 1.807) is 6.08 Å². The van der Waals surface area contributed by atoms with E-state index in [2.05, 4.69) is 44.4 Å². The summed E-state index contributed by atoms with van der Waals surface area (Å²) in [5, 5.41) is 8.22. The number of H-pyrrole nitrogens is 1. The quantitative estimate of drug-likeness (QED) is 0.508. The van der Waals surface area contributed by atoms with Gasteiger partial charge in [0.2, 0.25) is 6.08 Å². The third-order valence-corrected chi connectivity index (χ3v) is 5.31. The summed E-state index contributed by atoms with van der Waals surface area (Å²) in [6.45, 7) is 1.89. The Morgan fingerprint density at radius 3 is 2.44 bits per heavy atom. The van der Waals surface area contributed by atoms with Gasteiger partial charge in [0.05, 0.1) is 11.4 Å². The molecule has 1 aromatic heterocycles. The van der Waals surface area contributed by atoms with E-state index in [-0.39, 0.29) is 5.92 Å². The predicted octanol–water partition coefficient (Wildman–Crippen LogP) is 5.08. The molecule has 0 atom stereocenters. The van der Waals surface area contributed by atoms with Crippen LogP contribution in [0.25, 0.3) is 11.3 Å². The summed E-state index contributed by atoms with van der Waals surface area (Å²) in [6.07, 6.45) is 3.60. The number of carbonyl (C=O) groups excluding carboxylic acids is 1. The zero-order valence-electron chi connectivity index (χ0n) is 14.7. The number of hydrogen-bond donors (Lipinski definition) is 1. The van der Waals surface area contributed by atoms with E-state index in [0.717, 1.165) is 42.9 Å². The lowest BCUT2D eigenvalue weighted by Gasteiger charge is -2.33. The number of anilines is 1. The summed E-state index contributed by atoms with van der Waals surface area (Å²) in [7, 11) is 0. The molecule has 4 rings (SSSR count). The SMILES string of the molecule is O=C=Nc1c(C2CCN(c3ccccc3)CC2)n[nH]c1-c1ccc(Cl)cc1. The zero-order chi connectivity index (χ0) is 18.6. The number of rotatable bonds is 4. The molecule has 0 bridgehead atoms. The topological polar surface area (TPSA) is 61.4 Å². The third kappa shape index (κ3) is 3.65. The van der Waals surface area contributed by atoms with Crippen LogP contribution in [-0.4, -0.2) is 29.4 Å². The number of piperidine rings is 1. The normalized spacial score (nSPS) is 14.8. The van der Waals surface area contributed by atoms with Crippen LogP contribution in [0.1, 0.15) is 24.5 Å². The lowest BCUT2D eigenvalue weighted by Crippen LogP contribution is -2.32. The molecule has 2 heterocycles. The third-order valence-electron chi connectivity index (χ3n) is 5.06. The molecule has 27 heavy (non-hydrogen) atoms.